The zero-order valence-electron chi connectivity index (χ0n) is 8.76. The molecule has 0 bridgehead atoms. The fourth-order valence-corrected chi connectivity index (χ4v) is 1.98. The van der Waals surface area contributed by atoms with Crippen molar-refractivity contribution in [2.45, 2.75) is 45.1 Å². The van der Waals surface area contributed by atoms with E-state index >= 15 is 0 Å². The Bertz CT molecular complexity index is 184. The van der Waals surface area contributed by atoms with Gasteiger partial charge in [-0.05, 0) is 39.0 Å². The summed E-state index contributed by atoms with van der Waals surface area (Å²) < 4.78 is 0. The van der Waals surface area contributed by atoms with Gasteiger partial charge in [0.05, 0.1) is 0 Å². The van der Waals surface area contributed by atoms with E-state index in [4.69, 9.17) is 0 Å². The summed E-state index contributed by atoms with van der Waals surface area (Å²) in [6.45, 7) is 11.4. The fourth-order valence-electron chi connectivity index (χ4n) is 1.98. The summed E-state index contributed by atoms with van der Waals surface area (Å²) in [6.07, 6.45) is 8.15. The van der Waals surface area contributed by atoms with Crippen LogP contribution < -0.4 is 0 Å². The predicted octanol–water partition coefficient (Wildman–Crippen LogP) is 3.34. The van der Waals surface area contributed by atoms with Gasteiger partial charge in [-0.15, -0.1) is 6.58 Å². The number of rotatable bonds is 4. The zero-order valence-corrected chi connectivity index (χ0v) is 8.76. The molecule has 1 saturated heterocycles. The molecule has 1 aliphatic heterocycles. The van der Waals surface area contributed by atoms with Gasteiger partial charge in [0.2, 0.25) is 0 Å². The third kappa shape index (κ3) is 2.91. The van der Waals surface area contributed by atoms with Crippen molar-refractivity contribution in [3.63, 3.8) is 0 Å². The SMILES string of the molecule is C=CCCC(=C)N1CCCCC1C. The lowest BCUT2D eigenvalue weighted by molar-refractivity contribution is 0.203. The standard InChI is InChI=1S/C12H21N/c1-4-5-8-11(2)13-10-7-6-9-12(13)3/h4,12H,1-2,5-10H2,3H3. The van der Waals surface area contributed by atoms with E-state index in [1.54, 1.807) is 0 Å². The molecule has 1 heterocycles. The molecule has 1 unspecified atom stereocenters. The Hall–Kier alpha value is -0.720. The second kappa shape index (κ2) is 5.11. The topological polar surface area (TPSA) is 3.24 Å². The second-order valence-corrected chi connectivity index (χ2v) is 3.93. The van der Waals surface area contributed by atoms with Crippen LogP contribution in [0.5, 0.6) is 0 Å². The summed E-state index contributed by atoms with van der Waals surface area (Å²) >= 11 is 0. The van der Waals surface area contributed by atoms with E-state index in [0.717, 1.165) is 12.8 Å². The molecule has 0 amide bonds. The lowest BCUT2D eigenvalue weighted by Gasteiger charge is -2.36. The molecule has 0 saturated carbocycles. The van der Waals surface area contributed by atoms with Crippen LogP contribution in [0.3, 0.4) is 0 Å². The number of nitrogens with zero attached hydrogens (tertiary/aromatic N) is 1. The number of hydrogen-bond donors (Lipinski definition) is 0. The smallest absolute Gasteiger partial charge is 0.0258 e. The van der Waals surface area contributed by atoms with Crippen molar-refractivity contribution in [1.29, 1.82) is 0 Å². The Labute approximate surface area is 82.1 Å². The number of piperidine rings is 1. The largest absolute Gasteiger partial charge is 0.373 e. The highest BCUT2D eigenvalue weighted by atomic mass is 15.2. The van der Waals surface area contributed by atoms with Gasteiger partial charge in [0.15, 0.2) is 0 Å². The Morgan fingerprint density at radius 2 is 2.31 bits per heavy atom. The van der Waals surface area contributed by atoms with E-state index in [9.17, 15) is 0 Å². The van der Waals surface area contributed by atoms with E-state index in [2.05, 4.69) is 25.0 Å². The van der Waals surface area contributed by atoms with Gasteiger partial charge in [0.1, 0.15) is 0 Å². The molecule has 0 aromatic carbocycles. The lowest BCUT2D eigenvalue weighted by Crippen LogP contribution is -2.36. The minimum absolute atomic E-state index is 0.700. The highest BCUT2D eigenvalue weighted by Crippen LogP contribution is 2.22. The first-order valence-corrected chi connectivity index (χ1v) is 5.31. The first-order chi connectivity index (χ1) is 6.25. The van der Waals surface area contributed by atoms with Gasteiger partial charge in [0, 0.05) is 18.3 Å². The number of allylic oxidation sites excluding steroid dienone is 2. The van der Waals surface area contributed by atoms with Crippen LogP contribution in [0.2, 0.25) is 0 Å². The van der Waals surface area contributed by atoms with Crippen molar-refractivity contribution in [2.75, 3.05) is 6.54 Å². The van der Waals surface area contributed by atoms with Gasteiger partial charge < -0.3 is 4.90 Å². The Balaban J connectivity index is 2.39. The molecule has 1 aliphatic rings. The van der Waals surface area contributed by atoms with Crippen molar-refractivity contribution in [2.24, 2.45) is 0 Å². The predicted molar refractivity (Wildman–Crippen MR) is 58.6 cm³/mol. The van der Waals surface area contributed by atoms with Gasteiger partial charge in [-0.3, -0.25) is 0 Å². The molecular weight excluding hydrogens is 158 g/mol. The average Bonchev–Trinajstić information content (AvgIpc) is 2.15. The summed E-state index contributed by atoms with van der Waals surface area (Å²) in [5.41, 5.74) is 1.30. The van der Waals surface area contributed by atoms with E-state index < -0.39 is 0 Å². The first kappa shape index (κ1) is 10.4. The maximum absolute atomic E-state index is 4.14. The molecule has 0 aromatic heterocycles. The van der Waals surface area contributed by atoms with Crippen LogP contribution in [0.25, 0.3) is 0 Å². The quantitative estimate of drug-likeness (QED) is 0.598. The van der Waals surface area contributed by atoms with Crippen molar-refractivity contribution in [3.8, 4) is 0 Å². The lowest BCUT2D eigenvalue weighted by atomic mass is 10.0. The van der Waals surface area contributed by atoms with Gasteiger partial charge in [0.25, 0.3) is 0 Å². The Morgan fingerprint density at radius 1 is 1.54 bits per heavy atom. The van der Waals surface area contributed by atoms with E-state index in [1.807, 2.05) is 6.08 Å². The van der Waals surface area contributed by atoms with Crippen molar-refractivity contribution < 1.29 is 0 Å². The summed E-state index contributed by atoms with van der Waals surface area (Å²) in [6, 6.07) is 0.700. The minimum atomic E-state index is 0.700. The zero-order chi connectivity index (χ0) is 9.68. The number of hydrogen-bond acceptors (Lipinski definition) is 1. The molecular formula is C12H21N. The summed E-state index contributed by atoms with van der Waals surface area (Å²) in [5, 5.41) is 0. The molecule has 0 aromatic rings. The normalized spacial score (nSPS) is 22.8. The maximum atomic E-state index is 4.14. The number of likely N-dealkylation sites (tertiary alicyclic amines) is 1. The molecule has 1 nitrogen and oxygen atoms in total. The Morgan fingerprint density at radius 3 is 2.92 bits per heavy atom. The molecule has 1 rings (SSSR count). The molecule has 1 heteroatoms. The van der Waals surface area contributed by atoms with Gasteiger partial charge >= 0.3 is 0 Å². The summed E-state index contributed by atoms with van der Waals surface area (Å²) in [7, 11) is 0. The van der Waals surface area contributed by atoms with Crippen LogP contribution >= 0.6 is 0 Å². The molecule has 0 N–H and O–H groups in total. The molecule has 13 heavy (non-hydrogen) atoms. The average molecular weight is 179 g/mol. The summed E-state index contributed by atoms with van der Waals surface area (Å²) in [4.78, 5) is 2.47. The second-order valence-electron chi connectivity index (χ2n) is 3.93. The minimum Gasteiger partial charge on any atom is -0.373 e. The van der Waals surface area contributed by atoms with Crippen LogP contribution in [-0.4, -0.2) is 17.5 Å². The maximum Gasteiger partial charge on any atom is 0.0258 e. The molecule has 74 valence electrons. The van der Waals surface area contributed by atoms with Gasteiger partial charge in [-0.25, -0.2) is 0 Å². The molecule has 1 fully saturated rings. The third-order valence-corrected chi connectivity index (χ3v) is 2.85. The van der Waals surface area contributed by atoms with Crippen molar-refractivity contribution in [3.05, 3.63) is 24.9 Å². The van der Waals surface area contributed by atoms with Crippen LogP contribution in [0.4, 0.5) is 0 Å². The van der Waals surface area contributed by atoms with Crippen molar-refractivity contribution >= 4 is 0 Å². The molecule has 1 atom stereocenters. The van der Waals surface area contributed by atoms with Crippen molar-refractivity contribution in [1.82, 2.24) is 4.90 Å². The third-order valence-electron chi connectivity index (χ3n) is 2.85. The van der Waals surface area contributed by atoms with Gasteiger partial charge in [-0.1, -0.05) is 12.7 Å². The van der Waals surface area contributed by atoms with Crippen LogP contribution in [0.1, 0.15) is 39.0 Å². The fraction of sp³-hybridized carbons (Fsp3) is 0.667. The van der Waals surface area contributed by atoms with E-state index in [-0.39, 0.29) is 0 Å². The Kier molecular flexibility index (Phi) is 4.07. The van der Waals surface area contributed by atoms with E-state index in [0.29, 0.717) is 6.04 Å². The monoisotopic (exact) mass is 179 g/mol. The molecule has 0 spiro atoms. The van der Waals surface area contributed by atoms with Crippen LogP contribution in [0.15, 0.2) is 24.9 Å². The van der Waals surface area contributed by atoms with Gasteiger partial charge in [-0.2, -0.15) is 0 Å². The molecule has 0 aliphatic carbocycles. The van der Waals surface area contributed by atoms with Crippen LogP contribution in [0, 0.1) is 0 Å². The highest BCUT2D eigenvalue weighted by Gasteiger charge is 2.18. The van der Waals surface area contributed by atoms with E-state index in [1.165, 1.54) is 31.5 Å². The first-order valence-electron chi connectivity index (χ1n) is 5.31. The summed E-state index contributed by atoms with van der Waals surface area (Å²) in [5.74, 6) is 0. The highest BCUT2D eigenvalue weighted by molar-refractivity contribution is 4.98. The van der Waals surface area contributed by atoms with Crippen LogP contribution in [-0.2, 0) is 0 Å². The molecule has 0 radical (unpaired) electrons.